The summed E-state index contributed by atoms with van der Waals surface area (Å²) in [6, 6.07) is 2.36. The first kappa shape index (κ1) is 11.3. The van der Waals surface area contributed by atoms with E-state index in [-0.39, 0.29) is 11.5 Å². The zero-order chi connectivity index (χ0) is 11.6. The molecule has 1 atom stereocenters. The molecule has 0 aliphatic rings. The van der Waals surface area contributed by atoms with Gasteiger partial charge in [0.05, 0.1) is 5.69 Å². The zero-order valence-electron chi connectivity index (χ0n) is 9.07. The third-order valence-corrected chi connectivity index (χ3v) is 2.44. The summed E-state index contributed by atoms with van der Waals surface area (Å²) in [4.78, 5) is 23.0. The SMILES string of the molecule is CNC(=O)C(C)n1c(C)c(N)ccc1=O. The molecule has 1 aromatic heterocycles. The predicted octanol–water partition coefficient (Wildman–Crippen LogP) is 0.0459. The van der Waals surface area contributed by atoms with Gasteiger partial charge in [0.15, 0.2) is 0 Å². The molecule has 0 saturated heterocycles. The van der Waals surface area contributed by atoms with Gasteiger partial charge in [-0.15, -0.1) is 0 Å². The Morgan fingerprint density at radius 3 is 2.67 bits per heavy atom. The van der Waals surface area contributed by atoms with Gasteiger partial charge in [-0.05, 0) is 19.9 Å². The maximum Gasteiger partial charge on any atom is 0.251 e. The molecular weight excluding hydrogens is 194 g/mol. The number of pyridine rings is 1. The molecule has 0 radical (unpaired) electrons. The Kier molecular flexibility index (Phi) is 3.14. The first-order valence-electron chi connectivity index (χ1n) is 4.68. The summed E-state index contributed by atoms with van der Waals surface area (Å²) >= 11 is 0. The summed E-state index contributed by atoms with van der Waals surface area (Å²) in [5.74, 6) is -0.217. The molecule has 1 rings (SSSR count). The van der Waals surface area contributed by atoms with Crippen LogP contribution in [0.2, 0.25) is 0 Å². The van der Waals surface area contributed by atoms with Crippen LogP contribution in [-0.4, -0.2) is 17.5 Å². The van der Waals surface area contributed by atoms with Crippen molar-refractivity contribution in [3.05, 3.63) is 28.2 Å². The van der Waals surface area contributed by atoms with Crippen LogP contribution in [0.3, 0.4) is 0 Å². The molecule has 0 aromatic carbocycles. The average molecular weight is 209 g/mol. The van der Waals surface area contributed by atoms with E-state index in [0.29, 0.717) is 11.4 Å². The topological polar surface area (TPSA) is 77.1 Å². The molecule has 0 spiro atoms. The molecular formula is C10H15N3O2. The van der Waals surface area contributed by atoms with Crippen LogP contribution < -0.4 is 16.6 Å². The molecule has 1 amide bonds. The van der Waals surface area contributed by atoms with Gasteiger partial charge >= 0.3 is 0 Å². The molecule has 15 heavy (non-hydrogen) atoms. The van der Waals surface area contributed by atoms with Gasteiger partial charge in [-0.3, -0.25) is 14.2 Å². The number of nitrogen functional groups attached to an aromatic ring is 1. The van der Waals surface area contributed by atoms with Crippen LogP contribution >= 0.6 is 0 Å². The third kappa shape index (κ3) is 2.01. The van der Waals surface area contributed by atoms with Crippen molar-refractivity contribution >= 4 is 11.6 Å². The fourth-order valence-corrected chi connectivity index (χ4v) is 1.47. The number of nitrogens with one attached hydrogen (secondary N) is 1. The first-order chi connectivity index (χ1) is 6.99. The molecule has 3 N–H and O–H groups in total. The number of nitrogens with two attached hydrogens (primary N) is 1. The minimum Gasteiger partial charge on any atom is -0.397 e. The molecule has 5 heteroatoms. The lowest BCUT2D eigenvalue weighted by Crippen LogP contribution is -2.35. The maximum absolute atomic E-state index is 11.6. The summed E-state index contributed by atoms with van der Waals surface area (Å²) < 4.78 is 1.38. The van der Waals surface area contributed by atoms with Crippen LogP contribution in [0.4, 0.5) is 5.69 Å². The molecule has 0 aliphatic heterocycles. The second kappa shape index (κ2) is 4.16. The second-order valence-corrected chi connectivity index (χ2v) is 3.37. The van der Waals surface area contributed by atoms with E-state index in [0.717, 1.165) is 0 Å². The normalized spacial score (nSPS) is 12.2. The number of anilines is 1. The maximum atomic E-state index is 11.6. The molecule has 5 nitrogen and oxygen atoms in total. The van der Waals surface area contributed by atoms with E-state index in [4.69, 9.17) is 5.73 Å². The second-order valence-electron chi connectivity index (χ2n) is 3.37. The minimum absolute atomic E-state index is 0.217. The van der Waals surface area contributed by atoms with E-state index in [1.807, 2.05) is 0 Å². The van der Waals surface area contributed by atoms with Crippen molar-refractivity contribution in [2.24, 2.45) is 0 Å². The number of likely N-dealkylation sites (N-methyl/N-ethyl adjacent to an activating group) is 1. The summed E-state index contributed by atoms with van der Waals surface area (Å²) in [7, 11) is 1.53. The monoisotopic (exact) mass is 209 g/mol. The summed E-state index contributed by atoms with van der Waals surface area (Å²) in [6.07, 6.45) is 0. The number of hydrogen-bond donors (Lipinski definition) is 2. The van der Waals surface area contributed by atoms with Crippen LogP contribution in [0.1, 0.15) is 18.7 Å². The van der Waals surface area contributed by atoms with Crippen LogP contribution in [-0.2, 0) is 4.79 Å². The highest BCUT2D eigenvalue weighted by atomic mass is 16.2. The molecule has 1 heterocycles. The number of aromatic nitrogens is 1. The molecule has 1 aromatic rings. The lowest BCUT2D eigenvalue weighted by Gasteiger charge is -2.17. The van der Waals surface area contributed by atoms with E-state index < -0.39 is 6.04 Å². The van der Waals surface area contributed by atoms with Gasteiger partial charge < -0.3 is 11.1 Å². The van der Waals surface area contributed by atoms with E-state index >= 15 is 0 Å². The van der Waals surface area contributed by atoms with Crippen molar-refractivity contribution in [1.82, 2.24) is 9.88 Å². The number of nitrogens with zero attached hydrogens (tertiary/aromatic N) is 1. The number of carbonyl (C=O) groups excluding carboxylic acids is 1. The zero-order valence-corrected chi connectivity index (χ0v) is 9.07. The lowest BCUT2D eigenvalue weighted by molar-refractivity contribution is -0.123. The number of hydrogen-bond acceptors (Lipinski definition) is 3. The summed E-state index contributed by atoms with van der Waals surface area (Å²) in [5, 5.41) is 2.50. The van der Waals surface area contributed by atoms with Crippen molar-refractivity contribution in [1.29, 1.82) is 0 Å². The van der Waals surface area contributed by atoms with Gasteiger partial charge in [-0.1, -0.05) is 0 Å². The molecule has 0 fully saturated rings. The Bertz CT molecular complexity index is 437. The summed E-state index contributed by atoms with van der Waals surface area (Å²) in [5.41, 5.74) is 6.57. The molecule has 82 valence electrons. The highest BCUT2D eigenvalue weighted by Gasteiger charge is 2.16. The highest BCUT2D eigenvalue weighted by Crippen LogP contribution is 2.12. The van der Waals surface area contributed by atoms with Gasteiger partial charge in [-0.2, -0.15) is 0 Å². The number of rotatable bonds is 2. The number of amides is 1. The molecule has 0 bridgehead atoms. The Labute approximate surface area is 87.9 Å². The standard InChI is InChI=1S/C10H15N3O2/c1-6-8(11)4-5-9(14)13(6)7(2)10(15)12-3/h4-5,7H,11H2,1-3H3,(H,12,15). The largest absolute Gasteiger partial charge is 0.397 e. The van der Waals surface area contributed by atoms with Crippen LogP contribution in [0, 0.1) is 6.92 Å². The Morgan fingerprint density at radius 1 is 1.53 bits per heavy atom. The van der Waals surface area contributed by atoms with Crippen LogP contribution in [0.5, 0.6) is 0 Å². The van der Waals surface area contributed by atoms with Gasteiger partial charge in [0.25, 0.3) is 5.56 Å². The van der Waals surface area contributed by atoms with E-state index in [2.05, 4.69) is 5.32 Å². The van der Waals surface area contributed by atoms with Crippen molar-refractivity contribution < 1.29 is 4.79 Å². The van der Waals surface area contributed by atoms with Crippen LogP contribution in [0.15, 0.2) is 16.9 Å². The van der Waals surface area contributed by atoms with Gasteiger partial charge in [-0.25, -0.2) is 0 Å². The van der Waals surface area contributed by atoms with Gasteiger partial charge in [0.2, 0.25) is 5.91 Å². The van der Waals surface area contributed by atoms with Crippen molar-refractivity contribution in [3.8, 4) is 0 Å². The van der Waals surface area contributed by atoms with E-state index in [9.17, 15) is 9.59 Å². The molecule has 0 aliphatic carbocycles. The Balaban J connectivity index is 3.30. The predicted molar refractivity (Wildman–Crippen MR) is 58.6 cm³/mol. The smallest absolute Gasteiger partial charge is 0.251 e. The van der Waals surface area contributed by atoms with Gasteiger partial charge in [0.1, 0.15) is 6.04 Å². The van der Waals surface area contributed by atoms with E-state index in [1.165, 1.54) is 17.7 Å². The fourth-order valence-electron chi connectivity index (χ4n) is 1.47. The van der Waals surface area contributed by atoms with Crippen LogP contribution in [0.25, 0.3) is 0 Å². The third-order valence-electron chi connectivity index (χ3n) is 2.44. The number of carbonyl (C=O) groups is 1. The fraction of sp³-hybridized carbons (Fsp3) is 0.400. The molecule has 0 saturated carbocycles. The average Bonchev–Trinajstić information content (AvgIpc) is 2.22. The summed E-state index contributed by atoms with van der Waals surface area (Å²) in [6.45, 7) is 3.38. The highest BCUT2D eigenvalue weighted by molar-refractivity contribution is 5.79. The quantitative estimate of drug-likeness (QED) is 0.722. The van der Waals surface area contributed by atoms with Gasteiger partial charge in [0, 0.05) is 18.8 Å². The Morgan fingerprint density at radius 2 is 2.13 bits per heavy atom. The van der Waals surface area contributed by atoms with Crippen molar-refractivity contribution in [3.63, 3.8) is 0 Å². The first-order valence-corrected chi connectivity index (χ1v) is 4.68. The lowest BCUT2D eigenvalue weighted by atomic mass is 10.2. The molecule has 1 unspecified atom stereocenters. The van der Waals surface area contributed by atoms with Crippen molar-refractivity contribution in [2.75, 3.05) is 12.8 Å². The van der Waals surface area contributed by atoms with Crippen molar-refractivity contribution in [2.45, 2.75) is 19.9 Å². The van der Waals surface area contributed by atoms with E-state index in [1.54, 1.807) is 19.9 Å². The Hall–Kier alpha value is -1.78. The minimum atomic E-state index is -0.550.